The predicted octanol–water partition coefficient (Wildman–Crippen LogP) is 3.66. The van der Waals surface area contributed by atoms with E-state index in [0.717, 1.165) is 44.4 Å². The van der Waals surface area contributed by atoms with Crippen LogP contribution in [0.5, 0.6) is 5.75 Å². The van der Waals surface area contributed by atoms with Crippen LogP contribution in [0.4, 0.5) is 0 Å². The molecule has 1 aromatic carbocycles. The van der Waals surface area contributed by atoms with Gasteiger partial charge in [0, 0.05) is 25.6 Å². The number of benzene rings is 1. The number of ether oxygens (including phenoxy) is 1. The lowest BCUT2D eigenvalue weighted by atomic mass is 9.95. The van der Waals surface area contributed by atoms with Crippen molar-refractivity contribution < 1.29 is 14.3 Å². The summed E-state index contributed by atoms with van der Waals surface area (Å²) in [6.07, 6.45) is 6.42. The Balaban J connectivity index is 1.78. The molecule has 1 unspecified atom stereocenters. The summed E-state index contributed by atoms with van der Waals surface area (Å²) in [6.45, 7) is 6.22. The SMILES string of the molecule is CC(C)CC(=O)N1CCCOc2cccc(c2)CCC2CCCCN2C(=O)C1. The first-order valence-corrected chi connectivity index (χ1v) is 10.8. The van der Waals surface area contributed by atoms with Crippen molar-refractivity contribution in [2.24, 2.45) is 5.92 Å². The number of carbonyl (C=O) groups excluding carboxylic acids is 2. The summed E-state index contributed by atoms with van der Waals surface area (Å²) in [5.41, 5.74) is 1.27. The Kier molecular flexibility index (Phi) is 7.35. The molecule has 2 amide bonds. The van der Waals surface area contributed by atoms with Gasteiger partial charge >= 0.3 is 0 Å². The average molecular weight is 387 g/mol. The van der Waals surface area contributed by atoms with E-state index < -0.39 is 0 Å². The van der Waals surface area contributed by atoms with Gasteiger partial charge in [-0.15, -0.1) is 0 Å². The molecule has 1 saturated heterocycles. The number of rotatable bonds is 2. The summed E-state index contributed by atoms with van der Waals surface area (Å²) in [5.74, 6) is 1.36. The fourth-order valence-corrected chi connectivity index (χ4v) is 4.22. The second-order valence-electron chi connectivity index (χ2n) is 8.54. The lowest BCUT2D eigenvalue weighted by molar-refractivity contribution is -0.143. The maximum atomic E-state index is 13.1. The Labute approximate surface area is 169 Å². The fraction of sp³-hybridized carbons (Fsp3) is 0.652. The third-order valence-corrected chi connectivity index (χ3v) is 5.71. The minimum absolute atomic E-state index is 0.0750. The molecular formula is C23H34N2O3. The highest BCUT2D eigenvalue weighted by Gasteiger charge is 2.29. The van der Waals surface area contributed by atoms with Gasteiger partial charge in [-0.1, -0.05) is 26.0 Å². The molecule has 2 aliphatic rings. The zero-order valence-electron chi connectivity index (χ0n) is 17.4. The third-order valence-electron chi connectivity index (χ3n) is 5.71. The van der Waals surface area contributed by atoms with Crippen LogP contribution in [0.1, 0.15) is 57.9 Å². The molecule has 1 atom stereocenters. The summed E-state index contributed by atoms with van der Waals surface area (Å²) < 4.78 is 5.90. The summed E-state index contributed by atoms with van der Waals surface area (Å²) >= 11 is 0. The zero-order valence-corrected chi connectivity index (χ0v) is 17.4. The molecule has 2 bridgehead atoms. The minimum atomic E-state index is 0.0750. The first-order valence-electron chi connectivity index (χ1n) is 10.8. The quantitative estimate of drug-likeness (QED) is 0.779. The number of amides is 2. The summed E-state index contributed by atoms with van der Waals surface area (Å²) in [4.78, 5) is 29.6. The molecule has 0 aliphatic carbocycles. The zero-order chi connectivity index (χ0) is 19.9. The number of carbonyl (C=O) groups is 2. The molecular weight excluding hydrogens is 352 g/mol. The molecule has 0 saturated carbocycles. The molecule has 3 rings (SSSR count). The second-order valence-corrected chi connectivity index (χ2v) is 8.54. The molecule has 28 heavy (non-hydrogen) atoms. The molecule has 0 aromatic heterocycles. The van der Waals surface area contributed by atoms with Crippen molar-refractivity contribution in [3.8, 4) is 5.75 Å². The maximum Gasteiger partial charge on any atom is 0.242 e. The Morgan fingerprint density at radius 1 is 1.18 bits per heavy atom. The Hall–Kier alpha value is -2.04. The van der Waals surface area contributed by atoms with Gasteiger partial charge in [-0.2, -0.15) is 0 Å². The van der Waals surface area contributed by atoms with Crippen LogP contribution in [0.3, 0.4) is 0 Å². The van der Waals surface area contributed by atoms with Gasteiger partial charge in [-0.25, -0.2) is 0 Å². The molecule has 5 nitrogen and oxygen atoms in total. The first kappa shape index (κ1) is 20.7. The van der Waals surface area contributed by atoms with Gasteiger partial charge < -0.3 is 14.5 Å². The minimum Gasteiger partial charge on any atom is -0.494 e. The number of nitrogens with zero attached hydrogens (tertiary/aromatic N) is 2. The van der Waals surface area contributed by atoms with E-state index in [4.69, 9.17) is 4.74 Å². The largest absolute Gasteiger partial charge is 0.494 e. The lowest BCUT2D eigenvalue weighted by Gasteiger charge is -2.37. The molecule has 2 heterocycles. The number of aryl methyl sites for hydroxylation is 1. The maximum absolute atomic E-state index is 13.1. The van der Waals surface area contributed by atoms with E-state index in [2.05, 4.69) is 12.1 Å². The van der Waals surface area contributed by atoms with Crippen molar-refractivity contribution >= 4 is 11.8 Å². The van der Waals surface area contributed by atoms with E-state index in [-0.39, 0.29) is 30.3 Å². The normalized spacial score (nSPS) is 21.7. The van der Waals surface area contributed by atoms with Crippen molar-refractivity contribution in [1.29, 1.82) is 0 Å². The van der Waals surface area contributed by atoms with Crippen molar-refractivity contribution in [2.45, 2.75) is 64.8 Å². The van der Waals surface area contributed by atoms with Gasteiger partial charge in [0.25, 0.3) is 0 Å². The highest BCUT2D eigenvalue weighted by molar-refractivity contribution is 5.85. The van der Waals surface area contributed by atoms with E-state index in [9.17, 15) is 9.59 Å². The van der Waals surface area contributed by atoms with Crippen molar-refractivity contribution in [2.75, 3.05) is 26.2 Å². The fourth-order valence-electron chi connectivity index (χ4n) is 4.22. The number of hydrogen-bond acceptors (Lipinski definition) is 3. The molecule has 2 aliphatic heterocycles. The highest BCUT2D eigenvalue weighted by atomic mass is 16.5. The summed E-state index contributed by atoms with van der Waals surface area (Å²) in [5, 5.41) is 0. The number of fused-ring (bicyclic) bond motifs is 3. The lowest BCUT2D eigenvalue weighted by Crippen LogP contribution is -2.49. The molecule has 154 valence electrons. The van der Waals surface area contributed by atoms with Crippen molar-refractivity contribution in [1.82, 2.24) is 9.80 Å². The van der Waals surface area contributed by atoms with E-state index in [1.54, 1.807) is 4.90 Å². The van der Waals surface area contributed by atoms with Crippen LogP contribution >= 0.6 is 0 Å². The molecule has 1 aromatic rings. The van der Waals surface area contributed by atoms with Gasteiger partial charge in [0.1, 0.15) is 5.75 Å². The van der Waals surface area contributed by atoms with Crippen LogP contribution in [0.25, 0.3) is 0 Å². The van der Waals surface area contributed by atoms with Crippen molar-refractivity contribution in [3.63, 3.8) is 0 Å². The van der Waals surface area contributed by atoms with Gasteiger partial charge in [-0.3, -0.25) is 9.59 Å². The van der Waals surface area contributed by atoms with Gasteiger partial charge in [0.05, 0.1) is 13.2 Å². The van der Waals surface area contributed by atoms with Crippen LogP contribution < -0.4 is 4.74 Å². The van der Waals surface area contributed by atoms with Gasteiger partial charge in [0.2, 0.25) is 11.8 Å². The average Bonchev–Trinajstić information content (AvgIpc) is 2.68. The number of piperidine rings is 1. The van der Waals surface area contributed by atoms with E-state index in [0.29, 0.717) is 19.6 Å². The predicted molar refractivity (Wildman–Crippen MR) is 110 cm³/mol. The second kappa shape index (κ2) is 9.94. The molecule has 5 heteroatoms. The molecule has 0 spiro atoms. The Morgan fingerprint density at radius 3 is 2.86 bits per heavy atom. The molecule has 0 N–H and O–H groups in total. The van der Waals surface area contributed by atoms with Crippen molar-refractivity contribution in [3.05, 3.63) is 29.8 Å². The van der Waals surface area contributed by atoms with Crippen LogP contribution in [-0.4, -0.2) is 53.9 Å². The van der Waals surface area contributed by atoms with E-state index in [1.165, 1.54) is 12.0 Å². The topological polar surface area (TPSA) is 49.9 Å². The van der Waals surface area contributed by atoms with Crippen LogP contribution in [0, 0.1) is 5.92 Å². The van der Waals surface area contributed by atoms with E-state index in [1.807, 2.05) is 30.9 Å². The third kappa shape index (κ3) is 5.73. The monoisotopic (exact) mass is 386 g/mol. The molecule has 1 fully saturated rings. The number of hydrogen-bond donors (Lipinski definition) is 0. The van der Waals surface area contributed by atoms with Gasteiger partial charge in [-0.05, 0) is 62.1 Å². The van der Waals surface area contributed by atoms with Crippen LogP contribution in [0.15, 0.2) is 24.3 Å². The smallest absolute Gasteiger partial charge is 0.242 e. The Morgan fingerprint density at radius 2 is 2.04 bits per heavy atom. The van der Waals surface area contributed by atoms with E-state index >= 15 is 0 Å². The molecule has 0 radical (unpaired) electrons. The van der Waals surface area contributed by atoms with Gasteiger partial charge in [0.15, 0.2) is 0 Å². The van der Waals surface area contributed by atoms with Crippen LogP contribution in [-0.2, 0) is 16.0 Å². The first-order chi connectivity index (χ1) is 13.5. The Bertz CT molecular complexity index is 674. The summed E-state index contributed by atoms with van der Waals surface area (Å²) in [6, 6.07) is 8.56. The summed E-state index contributed by atoms with van der Waals surface area (Å²) in [7, 11) is 0. The van der Waals surface area contributed by atoms with Crippen LogP contribution in [0.2, 0.25) is 0 Å². The standard InChI is InChI=1S/C23H34N2O3/c1-18(2)15-22(26)24-12-6-14-28-21-9-5-7-19(16-21)10-11-20-8-3-4-13-25(20)23(27)17-24/h5,7,9,16,18,20H,3-4,6,8,10-15,17H2,1-2H3. The highest BCUT2D eigenvalue weighted by Crippen LogP contribution is 2.23.